The summed E-state index contributed by atoms with van der Waals surface area (Å²) in [6.45, 7) is 0. The summed E-state index contributed by atoms with van der Waals surface area (Å²) in [6.07, 6.45) is -0.0249. The van der Waals surface area contributed by atoms with Gasteiger partial charge in [-0.15, -0.1) is 0 Å². The molecule has 116 valence electrons. The molecule has 0 saturated carbocycles. The second-order valence-electron chi connectivity index (χ2n) is 4.77. The van der Waals surface area contributed by atoms with Gasteiger partial charge in [0, 0.05) is 5.57 Å². The molecule has 0 bridgehead atoms. The van der Waals surface area contributed by atoms with Crippen LogP contribution in [0.4, 0.5) is 0 Å². The SMILES string of the molecule is COC(=O)C(CC#N)=C(c1ccccc1)c1ccc(OC)cc1. The van der Waals surface area contributed by atoms with Crippen LogP contribution in [0, 0.1) is 11.3 Å². The summed E-state index contributed by atoms with van der Waals surface area (Å²) < 4.78 is 10.0. The fourth-order valence-electron chi connectivity index (χ4n) is 2.34. The van der Waals surface area contributed by atoms with Crippen molar-refractivity contribution in [3.05, 3.63) is 71.3 Å². The van der Waals surface area contributed by atoms with E-state index in [4.69, 9.17) is 14.7 Å². The predicted molar refractivity (Wildman–Crippen MR) is 87.7 cm³/mol. The van der Waals surface area contributed by atoms with Crippen LogP contribution in [0.25, 0.3) is 5.57 Å². The molecule has 2 rings (SSSR count). The Bertz CT molecular complexity index is 740. The summed E-state index contributed by atoms with van der Waals surface area (Å²) in [5.74, 6) is 0.224. The van der Waals surface area contributed by atoms with Crippen LogP contribution < -0.4 is 4.74 Å². The lowest BCUT2D eigenvalue weighted by atomic mass is 9.91. The van der Waals surface area contributed by atoms with E-state index in [1.807, 2.05) is 60.7 Å². The van der Waals surface area contributed by atoms with Gasteiger partial charge in [0.05, 0.1) is 32.3 Å². The van der Waals surface area contributed by atoms with E-state index in [1.165, 1.54) is 7.11 Å². The van der Waals surface area contributed by atoms with Crippen molar-refractivity contribution in [3.63, 3.8) is 0 Å². The molecule has 23 heavy (non-hydrogen) atoms. The Labute approximate surface area is 135 Å². The summed E-state index contributed by atoms with van der Waals surface area (Å²) in [7, 11) is 2.91. The highest BCUT2D eigenvalue weighted by molar-refractivity contribution is 6.02. The van der Waals surface area contributed by atoms with E-state index >= 15 is 0 Å². The van der Waals surface area contributed by atoms with Gasteiger partial charge in [0.25, 0.3) is 0 Å². The Kier molecular flexibility index (Phi) is 5.54. The lowest BCUT2D eigenvalue weighted by molar-refractivity contribution is -0.136. The molecule has 0 N–H and O–H groups in total. The maximum Gasteiger partial charge on any atom is 0.335 e. The van der Waals surface area contributed by atoms with Crippen molar-refractivity contribution in [2.24, 2.45) is 0 Å². The number of benzene rings is 2. The maximum absolute atomic E-state index is 12.2. The Morgan fingerprint density at radius 1 is 1.00 bits per heavy atom. The molecule has 0 fully saturated rings. The summed E-state index contributed by atoms with van der Waals surface area (Å²) in [6, 6.07) is 18.9. The first-order valence-electron chi connectivity index (χ1n) is 7.09. The maximum atomic E-state index is 12.2. The van der Waals surface area contributed by atoms with Gasteiger partial charge in [-0.2, -0.15) is 5.26 Å². The van der Waals surface area contributed by atoms with Crippen molar-refractivity contribution in [1.29, 1.82) is 5.26 Å². The lowest BCUT2D eigenvalue weighted by Gasteiger charge is -2.14. The van der Waals surface area contributed by atoms with E-state index in [1.54, 1.807) is 7.11 Å². The van der Waals surface area contributed by atoms with E-state index in [-0.39, 0.29) is 6.42 Å². The van der Waals surface area contributed by atoms with Crippen molar-refractivity contribution in [2.45, 2.75) is 6.42 Å². The van der Waals surface area contributed by atoms with Crippen LogP contribution in [0.2, 0.25) is 0 Å². The van der Waals surface area contributed by atoms with Gasteiger partial charge in [-0.25, -0.2) is 4.79 Å². The number of nitriles is 1. The molecule has 0 atom stereocenters. The first-order valence-corrected chi connectivity index (χ1v) is 7.09. The van der Waals surface area contributed by atoms with Crippen LogP contribution in [0.15, 0.2) is 60.2 Å². The molecule has 0 heterocycles. The number of carbonyl (C=O) groups is 1. The van der Waals surface area contributed by atoms with Gasteiger partial charge in [0.15, 0.2) is 0 Å². The quantitative estimate of drug-likeness (QED) is 0.625. The molecule has 0 aromatic heterocycles. The van der Waals surface area contributed by atoms with Crippen LogP contribution in [0.5, 0.6) is 5.75 Å². The number of hydrogen-bond donors (Lipinski definition) is 0. The summed E-state index contributed by atoms with van der Waals surface area (Å²) >= 11 is 0. The second kappa shape index (κ2) is 7.81. The zero-order chi connectivity index (χ0) is 16.7. The first kappa shape index (κ1) is 16.3. The molecule has 4 nitrogen and oxygen atoms in total. The number of hydrogen-bond acceptors (Lipinski definition) is 4. The normalized spacial score (nSPS) is 11.2. The molecule has 2 aromatic carbocycles. The van der Waals surface area contributed by atoms with Crippen molar-refractivity contribution in [3.8, 4) is 11.8 Å². The molecule has 0 radical (unpaired) electrons. The highest BCUT2D eigenvalue weighted by atomic mass is 16.5. The lowest BCUT2D eigenvalue weighted by Crippen LogP contribution is -2.08. The van der Waals surface area contributed by atoms with Gasteiger partial charge in [0.1, 0.15) is 5.75 Å². The molecule has 0 unspecified atom stereocenters. The third-order valence-corrected chi connectivity index (χ3v) is 3.43. The molecular formula is C19H17NO3. The highest BCUT2D eigenvalue weighted by Gasteiger charge is 2.19. The molecule has 0 spiro atoms. The van der Waals surface area contributed by atoms with Crippen LogP contribution in [0.3, 0.4) is 0 Å². The standard InChI is InChI=1S/C19H17NO3/c1-22-16-10-8-15(9-11-16)18(14-6-4-3-5-7-14)17(12-13-20)19(21)23-2/h3-11H,12H2,1-2H3. The smallest absolute Gasteiger partial charge is 0.335 e. The average molecular weight is 307 g/mol. The van der Waals surface area contributed by atoms with Crippen LogP contribution in [-0.4, -0.2) is 20.2 Å². The molecule has 0 saturated heterocycles. The summed E-state index contributed by atoms with van der Waals surface area (Å²) in [4.78, 5) is 12.2. The molecule has 0 aliphatic rings. The number of rotatable bonds is 5. The summed E-state index contributed by atoms with van der Waals surface area (Å²) in [5.41, 5.74) is 2.72. The van der Waals surface area contributed by atoms with E-state index in [0.29, 0.717) is 11.1 Å². The van der Waals surface area contributed by atoms with Crippen molar-refractivity contribution < 1.29 is 14.3 Å². The van der Waals surface area contributed by atoms with Gasteiger partial charge in [-0.05, 0) is 23.3 Å². The Morgan fingerprint density at radius 3 is 2.13 bits per heavy atom. The van der Waals surface area contributed by atoms with Crippen LogP contribution in [-0.2, 0) is 9.53 Å². The molecule has 0 aliphatic heterocycles. The van der Waals surface area contributed by atoms with E-state index in [9.17, 15) is 4.79 Å². The van der Waals surface area contributed by atoms with Gasteiger partial charge in [0.2, 0.25) is 0 Å². The van der Waals surface area contributed by atoms with Crippen molar-refractivity contribution in [1.82, 2.24) is 0 Å². The molecule has 4 heteroatoms. The van der Waals surface area contributed by atoms with Gasteiger partial charge >= 0.3 is 5.97 Å². The fourth-order valence-corrected chi connectivity index (χ4v) is 2.34. The van der Waals surface area contributed by atoms with Crippen molar-refractivity contribution >= 4 is 11.5 Å². The Morgan fingerprint density at radius 2 is 1.61 bits per heavy atom. The van der Waals surface area contributed by atoms with E-state index in [2.05, 4.69) is 0 Å². The van der Waals surface area contributed by atoms with Gasteiger partial charge in [-0.3, -0.25) is 0 Å². The van der Waals surface area contributed by atoms with Gasteiger partial charge < -0.3 is 9.47 Å². The molecular weight excluding hydrogens is 290 g/mol. The molecule has 2 aromatic rings. The third kappa shape index (κ3) is 3.78. The number of carbonyl (C=O) groups excluding carboxylic acids is 1. The fraction of sp³-hybridized carbons (Fsp3) is 0.158. The van der Waals surface area contributed by atoms with Gasteiger partial charge in [-0.1, -0.05) is 42.5 Å². The monoisotopic (exact) mass is 307 g/mol. The first-order chi connectivity index (χ1) is 11.2. The number of nitrogens with zero attached hydrogens (tertiary/aromatic N) is 1. The zero-order valence-corrected chi connectivity index (χ0v) is 13.1. The predicted octanol–water partition coefficient (Wildman–Crippen LogP) is 3.58. The number of esters is 1. The van der Waals surface area contributed by atoms with E-state index in [0.717, 1.165) is 16.9 Å². The van der Waals surface area contributed by atoms with Crippen molar-refractivity contribution in [2.75, 3.05) is 14.2 Å². The molecule has 0 amide bonds. The second-order valence-corrected chi connectivity index (χ2v) is 4.77. The Hall–Kier alpha value is -3.06. The Balaban J connectivity index is 2.68. The van der Waals surface area contributed by atoms with Crippen LogP contribution in [0.1, 0.15) is 17.5 Å². The minimum atomic E-state index is -0.499. The number of methoxy groups -OCH3 is 2. The third-order valence-electron chi connectivity index (χ3n) is 3.43. The van der Waals surface area contributed by atoms with E-state index < -0.39 is 5.97 Å². The minimum absolute atomic E-state index is 0.0249. The van der Waals surface area contributed by atoms with Crippen LogP contribution >= 0.6 is 0 Å². The highest BCUT2D eigenvalue weighted by Crippen LogP contribution is 2.30. The minimum Gasteiger partial charge on any atom is -0.497 e. The topological polar surface area (TPSA) is 59.3 Å². The largest absolute Gasteiger partial charge is 0.497 e. The molecule has 0 aliphatic carbocycles. The summed E-state index contributed by atoms with van der Waals surface area (Å²) in [5, 5.41) is 9.09. The number of ether oxygens (including phenoxy) is 2. The average Bonchev–Trinajstić information content (AvgIpc) is 2.62. The zero-order valence-electron chi connectivity index (χ0n) is 13.1.